The highest BCUT2D eigenvalue weighted by Crippen LogP contribution is 2.28. The largest absolute Gasteiger partial charge is 0.496 e. The molecule has 1 atom stereocenters. The third kappa shape index (κ3) is 4.82. The molecular weight excluding hydrogens is 380 g/mol. The predicted molar refractivity (Wildman–Crippen MR) is 113 cm³/mol. The van der Waals surface area contributed by atoms with Crippen LogP contribution in [0, 0.1) is 0 Å². The summed E-state index contributed by atoms with van der Waals surface area (Å²) in [6.45, 7) is 1.38. The molecule has 1 aromatic heterocycles. The van der Waals surface area contributed by atoms with Gasteiger partial charge in [-0.3, -0.25) is 4.79 Å². The van der Waals surface area contributed by atoms with Gasteiger partial charge in [-0.1, -0.05) is 36.4 Å². The molecule has 1 saturated heterocycles. The van der Waals surface area contributed by atoms with E-state index in [-0.39, 0.29) is 18.4 Å². The van der Waals surface area contributed by atoms with E-state index in [1.807, 2.05) is 59.5 Å². The Bertz CT molecular complexity index is 970. The first-order valence-corrected chi connectivity index (χ1v) is 10.2. The van der Waals surface area contributed by atoms with Crippen LogP contribution in [0.3, 0.4) is 0 Å². The third-order valence-electron chi connectivity index (χ3n) is 5.36. The summed E-state index contributed by atoms with van der Waals surface area (Å²) in [7, 11) is 1.67. The summed E-state index contributed by atoms with van der Waals surface area (Å²) in [4.78, 5) is 19.0. The van der Waals surface area contributed by atoms with Crippen LogP contribution in [-0.2, 0) is 11.2 Å². The normalized spacial score (nSPS) is 16.3. The maximum atomic E-state index is 12.6. The number of piperidine rings is 1. The monoisotopic (exact) mass is 406 g/mol. The number of nitrogens with zero attached hydrogens (tertiary/aromatic N) is 2. The molecule has 4 rings (SSSR count). The van der Waals surface area contributed by atoms with Gasteiger partial charge in [0.1, 0.15) is 17.3 Å². The lowest BCUT2D eigenvalue weighted by Crippen LogP contribution is -2.41. The number of amides is 1. The van der Waals surface area contributed by atoms with Crippen LogP contribution in [0.4, 0.5) is 0 Å². The zero-order valence-corrected chi connectivity index (χ0v) is 17.1. The third-order valence-corrected chi connectivity index (χ3v) is 5.36. The van der Waals surface area contributed by atoms with Crippen molar-refractivity contribution in [3.63, 3.8) is 0 Å². The molecule has 0 N–H and O–H groups in total. The van der Waals surface area contributed by atoms with Crippen molar-refractivity contribution in [3.05, 3.63) is 78.0 Å². The molecule has 1 aliphatic heterocycles. The Kier molecular flexibility index (Phi) is 6.32. The van der Waals surface area contributed by atoms with Gasteiger partial charge in [0.25, 0.3) is 5.91 Å². The van der Waals surface area contributed by atoms with Gasteiger partial charge >= 0.3 is 0 Å². The number of hydrogen-bond acceptors (Lipinski definition) is 5. The Morgan fingerprint density at radius 2 is 1.97 bits per heavy atom. The number of aromatic nitrogens is 1. The van der Waals surface area contributed by atoms with Crippen molar-refractivity contribution in [1.82, 2.24) is 9.88 Å². The van der Waals surface area contributed by atoms with Gasteiger partial charge in [0.2, 0.25) is 0 Å². The Labute approximate surface area is 176 Å². The van der Waals surface area contributed by atoms with Crippen molar-refractivity contribution >= 4 is 5.91 Å². The molecule has 2 aromatic carbocycles. The van der Waals surface area contributed by atoms with Crippen LogP contribution in [0.5, 0.6) is 11.5 Å². The average molecular weight is 406 g/mol. The van der Waals surface area contributed by atoms with E-state index < -0.39 is 0 Å². The highest BCUT2D eigenvalue weighted by Gasteiger charge is 2.28. The van der Waals surface area contributed by atoms with Gasteiger partial charge < -0.3 is 18.8 Å². The molecule has 1 unspecified atom stereocenters. The van der Waals surface area contributed by atoms with Crippen LogP contribution < -0.4 is 9.47 Å². The SMILES string of the molecule is COc1ccccc1Cc1cnc(C2CCCN(C(=O)COc3ccccc3)C2)o1. The molecule has 6 heteroatoms. The molecule has 2 heterocycles. The van der Waals surface area contributed by atoms with E-state index in [0.29, 0.717) is 24.6 Å². The molecule has 6 nitrogen and oxygen atoms in total. The minimum Gasteiger partial charge on any atom is -0.496 e. The highest BCUT2D eigenvalue weighted by atomic mass is 16.5. The molecule has 0 radical (unpaired) electrons. The van der Waals surface area contributed by atoms with Crippen molar-refractivity contribution in [1.29, 1.82) is 0 Å². The second kappa shape index (κ2) is 9.48. The topological polar surface area (TPSA) is 64.8 Å². The number of oxazole rings is 1. The second-order valence-corrected chi connectivity index (χ2v) is 7.43. The van der Waals surface area contributed by atoms with E-state index in [2.05, 4.69) is 4.98 Å². The second-order valence-electron chi connectivity index (χ2n) is 7.43. The van der Waals surface area contributed by atoms with E-state index in [4.69, 9.17) is 13.9 Å². The minimum atomic E-state index is -0.00986. The number of ether oxygens (including phenoxy) is 2. The Hall–Kier alpha value is -3.28. The minimum absolute atomic E-state index is 0.00986. The fourth-order valence-corrected chi connectivity index (χ4v) is 3.79. The van der Waals surface area contributed by atoms with Crippen molar-refractivity contribution in [2.24, 2.45) is 0 Å². The number of para-hydroxylation sites is 2. The zero-order chi connectivity index (χ0) is 20.8. The quantitative estimate of drug-likeness (QED) is 0.592. The maximum absolute atomic E-state index is 12.6. The molecule has 3 aromatic rings. The lowest BCUT2D eigenvalue weighted by Gasteiger charge is -2.31. The molecular formula is C24H26N2O4. The molecule has 1 amide bonds. The highest BCUT2D eigenvalue weighted by molar-refractivity contribution is 5.78. The van der Waals surface area contributed by atoms with Crippen LogP contribution in [0.15, 0.2) is 65.2 Å². The Balaban J connectivity index is 1.36. The summed E-state index contributed by atoms with van der Waals surface area (Å²) < 4.78 is 17.1. The van der Waals surface area contributed by atoms with Crippen LogP contribution in [0.25, 0.3) is 0 Å². The van der Waals surface area contributed by atoms with E-state index in [9.17, 15) is 4.79 Å². The van der Waals surface area contributed by atoms with Crippen molar-refractivity contribution in [3.8, 4) is 11.5 Å². The van der Waals surface area contributed by atoms with E-state index >= 15 is 0 Å². The molecule has 0 bridgehead atoms. The average Bonchev–Trinajstić information content (AvgIpc) is 3.27. The zero-order valence-electron chi connectivity index (χ0n) is 17.1. The summed E-state index contributed by atoms with van der Waals surface area (Å²) >= 11 is 0. The van der Waals surface area contributed by atoms with Crippen molar-refractivity contribution in [2.75, 3.05) is 26.8 Å². The molecule has 156 valence electrons. The molecule has 0 spiro atoms. The number of benzene rings is 2. The van der Waals surface area contributed by atoms with Crippen molar-refractivity contribution < 1.29 is 18.7 Å². The molecule has 0 aliphatic carbocycles. The summed E-state index contributed by atoms with van der Waals surface area (Å²) in [6, 6.07) is 17.3. The number of methoxy groups -OCH3 is 1. The number of carbonyl (C=O) groups is 1. The molecule has 30 heavy (non-hydrogen) atoms. The van der Waals surface area contributed by atoms with Gasteiger partial charge in [-0.2, -0.15) is 0 Å². The van der Waals surface area contributed by atoms with Crippen LogP contribution in [0.1, 0.15) is 36.0 Å². The standard InChI is InChI=1S/C24H26N2O4/c1-28-22-12-6-5-8-18(22)14-21-15-25-24(30-21)19-9-7-13-26(16-19)23(27)17-29-20-10-3-2-4-11-20/h2-6,8,10-12,15,19H,7,9,13-14,16-17H2,1H3. The number of likely N-dealkylation sites (tertiary alicyclic amines) is 1. The fraction of sp³-hybridized carbons (Fsp3) is 0.333. The van der Waals surface area contributed by atoms with Crippen LogP contribution in [-0.4, -0.2) is 42.6 Å². The summed E-state index contributed by atoms with van der Waals surface area (Å²) in [5.41, 5.74) is 1.06. The summed E-state index contributed by atoms with van der Waals surface area (Å²) in [6.07, 6.45) is 4.28. The van der Waals surface area contributed by atoms with Gasteiger partial charge in [-0.05, 0) is 31.0 Å². The first-order valence-electron chi connectivity index (χ1n) is 10.2. The predicted octanol–water partition coefficient (Wildman–Crippen LogP) is 4.06. The number of rotatable bonds is 7. The summed E-state index contributed by atoms with van der Waals surface area (Å²) in [5.74, 6) is 3.12. The first kappa shape index (κ1) is 20.0. The Morgan fingerprint density at radius 1 is 1.17 bits per heavy atom. The summed E-state index contributed by atoms with van der Waals surface area (Å²) in [5, 5.41) is 0. The van der Waals surface area contributed by atoms with Gasteiger partial charge in [0, 0.05) is 25.1 Å². The lowest BCUT2D eigenvalue weighted by atomic mass is 9.98. The van der Waals surface area contributed by atoms with Crippen LogP contribution in [0.2, 0.25) is 0 Å². The fourth-order valence-electron chi connectivity index (χ4n) is 3.79. The number of carbonyl (C=O) groups excluding carboxylic acids is 1. The molecule has 0 saturated carbocycles. The lowest BCUT2D eigenvalue weighted by molar-refractivity contribution is -0.134. The van der Waals surface area contributed by atoms with Gasteiger partial charge in [-0.15, -0.1) is 0 Å². The smallest absolute Gasteiger partial charge is 0.260 e. The first-order chi connectivity index (χ1) is 14.7. The maximum Gasteiger partial charge on any atom is 0.260 e. The van der Waals surface area contributed by atoms with Gasteiger partial charge in [-0.25, -0.2) is 4.98 Å². The molecule has 1 fully saturated rings. The van der Waals surface area contributed by atoms with E-state index in [0.717, 1.165) is 36.5 Å². The van der Waals surface area contributed by atoms with E-state index in [1.54, 1.807) is 13.3 Å². The number of hydrogen-bond donors (Lipinski definition) is 0. The van der Waals surface area contributed by atoms with Crippen LogP contribution >= 0.6 is 0 Å². The Morgan fingerprint density at radius 3 is 2.80 bits per heavy atom. The molecule has 1 aliphatic rings. The van der Waals surface area contributed by atoms with Gasteiger partial charge in [0.15, 0.2) is 12.5 Å². The van der Waals surface area contributed by atoms with E-state index in [1.165, 1.54) is 0 Å². The van der Waals surface area contributed by atoms with Crippen molar-refractivity contribution in [2.45, 2.75) is 25.2 Å². The van der Waals surface area contributed by atoms with Gasteiger partial charge in [0.05, 0.1) is 19.2 Å².